The Hall–Kier alpha value is -3.45. The minimum Gasteiger partial charge on any atom is -0.457 e. The minimum absolute atomic E-state index is 0.253. The fourth-order valence-corrected chi connectivity index (χ4v) is 2.26. The molecule has 2 N–H and O–H groups in total. The van der Waals surface area contributed by atoms with Crippen LogP contribution in [0.15, 0.2) is 66.7 Å². The Kier molecular flexibility index (Phi) is 6.32. The van der Waals surface area contributed by atoms with Gasteiger partial charge in [0.05, 0.1) is 6.61 Å². The molecule has 7 heteroatoms. The van der Waals surface area contributed by atoms with Crippen molar-refractivity contribution in [2.45, 2.75) is 0 Å². The van der Waals surface area contributed by atoms with E-state index in [2.05, 4.69) is 20.8 Å². The van der Waals surface area contributed by atoms with Crippen LogP contribution in [-0.4, -0.2) is 36.4 Å². The summed E-state index contributed by atoms with van der Waals surface area (Å²) in [6.45, 7) is 0.872. The maximum Gasteiger partial charge on any atom is 0.271 e. The quantitative estimate of drug-likeness (QED) is 0.596. The highest BCUT2D eigenvalue weighted by Gasteiger charge is 2.07. The largest absolute Gasteiger partial charge is 0.457 e. The van der Waals surface area contributed by atoms with Crippen LogP contribution in [0.1, 0.15) is 10.5 Å². The molecule has 0 atom stereocenters. The van der Waals surface area contributed by atoms with Crippen molar-refractivity contribution in [3.8, 4) is 11.5 Å². The van der Waals surface area contributed by atoms with Crippen LogP contribution in [0.5, 0.6) is 11.5 Å². The summed E-state index contributed by atoms with van der Waals surface area (Å²) >= 11 is 0. The fraction of sp³-hybridized carbons (Fsp3) is 0.150. The second kappa shape index (κ2) is 9.30. The second-order valence-electron chi connectivity index (χ2n) is 5.62. The summed E-state index contributed by atoms with van der Waals surface area (Å²) in [7, 11) is 1.58. The smallest absolute Gasteiger partial charge is 0.271 e. The molecule has 138 valence electrons. The number of nitrogens with zero attached hydrogens (tertiary/aromatic N) is 2. The van der Waals surface area contributed by atoms with Crippen LogP contribution >= 0.6 is 0 Å². The number of carbonyl (C=O) groups is 1. The third kappa shape index (κ3) is 5.52. The van der Waals surface area contributed by atoms with E-state index >= 15 is 0 Å². The lowest BCUT2D eigenvalue weighted by Crippen LogP contribution is -2.27. The molecule has 3 rings (SSSR count). The first kappa shape index (κ1) is 18.3. The van der Waals surface area contributed by atoms with Crippen LogP contribution < -0.4 is 15.4 Å². The Bertz CT molecular complexity index is 853. The number of methoxy groups -OCH3 is 1. The molecule has 3 aromatic rings. The average molecular weight is 364 g/mol. The van der Waals surface area contributed by atoms with Crippen molar-refractivity contribution in [1.29, 1.82) is 0 Å². The molecule has 1 heterocycles. The molecule has 27 heavy (non-hydrogen) atoms. The summed E-state index contributed by atoms with van der Waals surface area (Å²) in [6, 6.07) is 20.4. The molecule has 0 radical (unpaired) electrons. The lowest BCUT2D eigenvalue weighted by Gasteiger charge is -2.08. The summed E-state index contributed by atoms with van der Waals surface area (Å²) in [6.07, 6.45) is 0. The van der Waals surface area contributed by atoms with E-state index in [9.17, 15) is 4.79 Å². The van der Waals surface area contributed by atoms with Gasteiger partial charge in [-0.15, -0.1) is 10.2 Å². The fourth-order valence-electron chi connectivity index (χ4n) is 2.26. The molecule has 0 aliphatic rings. The Morgan fingerprint density at radius 3 is 2.33 bits per heavy atom. The summed E-state index contributed by atoms with van der Waals surface area (Å²) in [5, 5.41) is 13.8. The number of ether oxygens (including phenoxy) is 2. The number of hydrogen-bond acceptors (Lipinski definition) is 6. The van der Waals surface area contributed by atoms with Crippen LogP contribution in [0.3, 0.4) is 0 Å². The number of hydrogen-bond donors (Lipinski definition) is 2. The third-order valence-electron chi connectivity index (χ3n) is 3.59. The monoisotopic (exact) mass is 364 g/mol. The Balaban J connectivity index is 1.56. The lowest BCUT2D eigenvalue weighted by atomic mass is 10.3. The van der Waals surface area contributed by atoms with Crippen molar-refractivity contribution < 1.29 is 14.3 Å². The van der Waals surface area contributed by atoms with Gasteiger partial charge in [-0.3, -0.25) is 4.79 Å². The van der Waals surface area contributed by atoms with E-state index < -0.39 is 0 Å². The van der Waals surface area contributed by atoms with E-state index in [4.69, 9.17) is 9.47 Å². The Morgan fingerprint density at radius 1 is 0.926 bits per heavy atom. The van der Waals surface area contributed by atoms with E-state index in [1.165, 1.54) is 0 Å². The van der Waals surface area contributed by atoms with Gasteiger partial charge in [0, 0.05) is 19.3 Å². The van der Waals surface area contributed by atoms with Gasteiger partial charge in [0.25, 0.3) is 5.91 Å². The van der Waals surface area contributed by atoms with E-state index in [0.29, 0.717) is 19.0 Å². The molecular weight excluding hydrogens is 344 g/mol. The van der Waals surface area contributed by atoms with Crippen molar-refractivity contribution in [3.05, 3.63) is 72.4 Å². The van der Waals surface area contributed by atoms with Crippen LogP contribution in [-0.2, 0) is 4.74 Å². The number of anilines is 2. The number of para-hydroxylation sites is 1. The van der Waals surface area contributed by atoms with Gasteiger partial charge in [-0.2, -0.15) is 0 Å². The van der Waals surface area contributed by atoms with Crippen molar-refractivity contribution in [2.75, 3.05) is 25.6 Å². The van der Waals surface area contributed by atoms with Crippen molar-refractivity contribution in [2.24, 2.45) is 0 Å². The lowest BCUT2D eigenvalue weighted by molar-refractivity contribution is 0.0931. The highest BCUT2D eigenvalue weighted by molar-refractivity contribution is 5.92. The standard InChI is InChI=1S/C20H20N4O3/c1-26-14-13-21-20(25)18-11-12-19(24-23-18)22-15-7-9-17(10-8-15)27-16-5-3-2-4-6-16/h2-12H,13-14H2,1H3,(H,21,25)(H,22,24). The second-order valence-corrected chi connectivity index (χ2v) is 5.62. The molecule has 0 bridgehead atoms. The van der Waals surface area contributed by atoms with Gasteiger partial charge in [-0.05, 0) is 48.5 Å². The molecule has 1 aromatic heterocycles. The first-order valence-corrected chi connectivity index (χ1v) is 8.45. The highest BCUT2D eigenvalue weighted by Crippen LogP contribution is 2.23. The van der Waals surface area contributed by atoms with Crippen LogP contribution in [0.4, 0.5) is 11.5 Å². The number of amides is 1. The first-order valence-electron chi connectivity index (χ1n) is 8.45. The van der Waals surface area contributed by atoms with Crippen LogP contribution in [0, 0.1) is 0 Å². The molecule has 0 aliphatic heterocycles. The normalized spacial score (nSPS) is 10.3. The van der Waals surface area contributed by atoms with Crippen LogP contribution in [0.25, 0.3) is 0 Å². The Labute approximate surface area is 157 Å². The van der Waals surface area contributed by atoms with Gasteiger partial charge in [-0.25, -0.2) is 0 Å². The van der Waals surface area contributed by atoms with E-state index in [1.807, 2.05) is 54.6 Å². The predicted octanol–water partition coefficient (Wildman–Crippen LogP) is 3.39. The minimum atomic E-state index is -0.284. The van der Waals surface area contributed by atoms with E-state index in [1.54, 1.807) is 19.2 Å². The van der Waals surface area contributed by atoms with E-state index in [0.717, 1.165) is 17.2 Å². The SMILES string of the molecule is COCCNC(=O)c1ccc(Nc2ccc(Oc3ccccc3)cc2)nn1. The molecule has 0 aliphatic carbocycles. The topological polar surface area (TPSA) is 85.4 Å². The molecule has 0 unspecified atom stereocenters. The Morgan fingerprint density at radius 2 is 1.67 bits per heavy atom. The summed E-state index contributed by atoms with van der Waals surface area (Å²) < 4.78 is 10.6. The molecule has 0 saturated carbocycles. The summed E-state index contributed by atoms with van der Waals surface area (Å²) in [5.41, 5.74) is 1.09. The molecule has 7 nitrogen and oxygen atoms in total. The summed E-state index contributed by atoms with van der Waals surface area (Å²) in [5.74, 6) is 1.78. The number of aromatic nitrogens is 2. The molecule has 0 fully saturated rings. The van der Waals surface area contributed by atoms with Gasteiger partial charge in [0.2, 0.25) is 0 Å². The predicted molar refractivity (Wildman–Crippen MR) is 102 cm³/mol. The van der Waals surface area contributed by atoms with Crippen molar-refractivity contribution >= 4 is 17.4 Å². The zero-order valence-electron chi connectivity index (χ0n) is 14.9. The van der Waals surface area contributed by atoms with Gasteiger partial charge in [0.1, 0.15) is 11.5 Å². The van der Waals surface area contributed by atoms with Crippen molar-refractivity contribution in [3.63, 3.8) is 0 Å². The van der Waals surface area contributed by atoms with Gasteiger partial charge in [-0.1, -0.05) is 18.2 Å². The van der Waals surface area contributed by atoms with E-state index in [-0.39, 0.29) is 11.6 Å². The van der Waals surface area contributed by atoms with Gasteiger partial charge in [0.15, 0.2) is 11.5 Å². The van der Waals surface area contributed by atoms with Gasteiger partial charge >= 0.3 is 0 Å². The number of rotatable bonds is 8. The number of benzene rings is 2. The molecule has 0 spiro atoms. The molecule has 0 saturated heterocycles. The zero-order valence-corrected chi connectivity index (χ0v) is 14.9. The zero-order chi connectivity index (χ0) is 18.9. The van der Waals surface area contributed by atoms with Crippen molar-refractivity contribution in [1.82, 2.24) is 15.5 Å². The molecular formula is C20H20N4O3. The summed E-state index contributed by atoms with van der Waals surface area (Å²) in [4.78, 5) is 11.9. The molecule has 1 amide bonds. The first-order chi connectivity index (χ1) is 13.2. The number of carbonyl (C=O) groups excluding carboxylic acids is 1. The maximum atomic E-state index is 11.9. The third-order valence-corrected chi connectivity index (χ3v) is 3.59. The number of nitrogens with one attached hydrogen (secondary N) is 2. The van der Waals surface area contributed by atoms with Crippen LogP contribution in [0.2, 0.25) is 0 Å². The average Bonchev–Trinajstić information content (AvgIpc) is 2.71. The maximum absolute atomic E-state index is 11.9. The molecule has 2 aromatic carbocycles. The van der Waals surface area contributed by atoms with Gasteiger partial charge < -0.3 is 20.1 Å². The highest BCUT2D eigenvalue weighted by atomic mass is 16.5.